The Kier molecular flexibility index (Phi) is 2.96. The van der Waals surface area contributed by atoms with Crippen LogP contribution in [-0.4, -0.2) is 26.0 Å². The molecule has 1 aromatic carbocycles. The number of fused-ring (bicyclic) bond motifs is 1. The van der Waals surface area contributed by atoms with E-state index in [0.29, 0.717) is 25.4 Å². The molecule has 0 spiro atoms. The van der Waals surface area contributed by atoms with Gasteiger partial charge in [-0.1, -0.05) is 0 Å². The average molecular weight is 250 g/mol. The quantitative estimate of drug-likeness (QED) is 0.765. The van der Waals surface area contributed by atoms with E-state index in [0.717, 1.165) is 17.9 Å². The maximum absolute atomic E-state index is 11.1. The summed E-state index contributed by atoms with van der Waals surface area (Å²) in [6.07, 6.45) is 1.29. The molecule has 1 saturated heterocycles. The van der Waals surface area contributed by atoms with Crippen molar-refractivity contribution < 1.29 is 23.7 Å². The van der Waals surface area contributed by atoms with Crippen LogP contribution in [0.4, 0.5) is 0 Å². The molecular formula is C13H14O5. The topological polar surface area (TPSA) is 54.0 Å². The predicted molar refractivity (Wildman–Crippen MR) is 61.7 cm³/mol. The standard InChI is InChI=1S/C13H14O5/c14-13-5-9(3-4-15-13)7-16-10-1-2-11-12(6-10)18-8-17-11/h1-2,6,9H,3-5,7-8H2. The lowest BCUT2D eigenvalue weighted by atomic mass is 10.0. The fraction of sp³-hybridized carbons (Fsp3) is 0.462. The van der Waals surface area contributed by atoms with Crippen molar-refractivity contribution in [2.75, 3.05) is 20.0 Å². The number of esters is 1. The third-order valence-electron chi connectivity index (χ3n) is 3.07. The molecule has 0 aromatic heterocycles. The Morgan fingerprint density at radius 1 is 1.22 bits per heavy atom. The van der Waals surface area contributed by atoms with E-state index in [-0.39, 0.29) is 18.7 Å². The SMILES string of the molecule is O=C1CC(COc2ccc3c(c2)OCO3)CCO1. The smallest absolute Gasteiger partial charge is 0.306 e. The number of ether oxygens (including phenoxy) is 4. The molecule has 3 rings (SSSR count). The van der Waals surface area contributed by atoms with Gasteiger partial charge >= 0.3 is 5.97 Å². The van der Waals surface area contributed by atoms with E-state index in [2.05, 4.69) is 0 Å². The van der Waals surface area contributed by atoms with Gasteiger partial charge in [-0.15, -0.1) is 0 Å². The predicted octanol–water partition coefficient (Wildman–Crippen LogP) is 1.75. The van der Waals surface area contributed by atoms with Gasteiger partial charge in [-0.25, -0.2) is 0 Å². The lowest BCUT2D eigenvalue weighted by Gasteiger charge is -2.21. The second-order valence-corrected chi connectivity index (χ2v) is 4.41. The molecule has 2 heterocycles. The van der Waals surface area contributed by atoms with Crippen LogP contribution in [0, 0.1) is 5.92 Å². The molecule has 1 atom stereocenters. The Hall–Kier alpha value is -1.91. The van der Waals surface area contributed by atoms with Gasteiger partial charge in [0.05, 0.1) is 19.6 Å². The molecule has 0 saturated carbocycles. The van der Waals surface area contributed by atoms with Crippen molar-refractivity contribution in [2.45, 2.75) is 12.8 Å². The summed E-state index contributed by atoms with van der Waals surface area (Å²) < 4.78 is 21.1. The average Bonchev–Trinajstić information content (AvgIpc) is 2.84. The van der Waals surface area contributed by atoms with Gasteiger partial charge in [0.1, 0.15) is 5.75 Å². The molecule has 1 unspecified atom stereocenters. The van der Waals surface area contributed by atoms with Gasteiger partial charge in [-0.3, -0.25) is 4.79 Å². The Labute approximate surface area is 105 Å². The molecule has 2 aliphatic rings. The summed E-state index contributed by atoms with van der Waals surface area (Å²) in [5.74, 6) is 2.27. The van der Waals surface area contributed by atoms with Gasteiger partial charge in [0.2, 0.25) is 6.79 Å². The zero-order valence-electron chi connectivity index (χ0n) is 9.89. The van der Waals surface area contributed by atoms with Gasteiger partial charge in [0, 0.05) is 12.0 Å². The summed E-state index contributed by atoms with van der Waals surface area (Å²) in [6, 6.07) is 5.48. The van der Waals surface area contributed by atoms with E-state index in [1.54, 1.807) is 0 Å². The summed E-state index contributed by atoms with van der Waals surface area (Å²) in [6.45, 7) is 1.27. The highest BCUT2D eigenvalue weighted by atomic mass is 16.7. The highest BCUT2D eigenvalue weighted by Gasteiger charge is 2.21. The van der Waals surface area contributed by atoms with Gasteiger partial charge in [0.25, 0.3) is 0 Å². The largest absolute Gasteiger partial charge is 0.493 e. The summed E-state index contributed by atoms with van der Waals surface area (Å²) in [4.78, 5) is 11.1. The Morgan fingerprint density at radius 2 is 2.11 bits per heavy atom. The van der Waals surface area contributed by atoms with E-state index in [1.165, 1.54) is 0 Å². The zero-order chi connectivity index (χ0) is 12.4. The first-order chi connectivity index (χ1) is 8.81. The minimum absolute atomic E-state index is 0.138. The van der Waals surface area contributed by atoms with Crippen LogP contribution in [0.3, 0.4) is 0 Å². The minimum Gasteiger partial charge on any atom is -0.493 e. The molecule has 5 nitrogen and oxygen atoms in total. The van der Waals surface area contributed by atoms with Gasteiger partial charge < -0.3 is 18.9 Å². The maximum Gasteiger partial charge on any atom is 0.306 e. The Morgan fingerprint density at radius 3 is 3.00 bits per heavy atom. The fourth-order valence-corrected chi connectivity index (χ4v) is 2.06. The zero-order valence-corrected chi connectivity index (χ0v) is 9.89. The summed E-state index contributed by atoms with van der Waals surface area (Å²) in [5, 5.41) is 0. The van der Waals surface area contributed by atoms with Crippen molar-refractivity contribution in [1.29, 1.82) is 0 Å². The molecule has 0 amide bonds. The molecule has 0 N–H and O–H groups in total. The lowest BCUT2D eigenvalue weighted by molar-refractivity contribution is -0.149. The lowest BCUT2D eigenvalue weighted by Crippen LogP contribution is -2.25. The van der Waals surface area contributed by atoms with Gasteiger partial charge in [-0.05, 0) is 18.6 Å². The van der Waals surface area contributed by atoms with Crippen LogP contribution in [0.2, 0.25) is 0 Å². The first-order valence-corrected chi connectivity index (χ1v) is 5.99. The van der Waals surface area contributed by atoms with Crippen LogP contribution in [0.1, 0.15) is 12.8 Å². The monoisotopic (exact) mass is 250 g/mol. The first-order valence-electron chi connectivity index (χ1n) is 5.99. The van der Waals surface area contributed by atoms with Crippen LogP contribution in [-0.2, 0) is 9.53 Å². The fourth-order valence-electron chi connectivity index (χ4n) is 2.06. The number of cyclic esters (lactones) is 1. The molecule has 0 radical (unpaired) electrons. The van der Waals surface area contributed by atoms with E-state index in [9.17, 15) is 4.79 Å². The Bertz CT molecular complexity index is 457. The van der Waals surface area contributed by atoms with Gasteiger partial charge in [-0.2, -0.15) is 0 Å². The van der Waals surface area contributed by atoms with Crippen molar-refractivity contribution >= 4 is 5.97 Å². The second-order valence-electron chi connectivity index (χ2n) is 4.41. The van der Waals surface area contributed by atoms with E-state index < -0.39 is 0 Å². The van der Waals surface area contributed by atoms with E-state index >= 15 is 0 Å². The normalized spacial score (nSPS) is 21.6. The van der Waals surface area contributed by atoms with Crippen LogP contribution < -0.4 is 14.2 Å². The van der Waals surface area contributed by atoms with E-state index in [4.69, 9.17) is 18.9 Å². The molecule has 1 aromatic rings. The van der Waals surface area contributed by atoms with Crippen LogP contribution >= 0.6 is 0 Å². The molecule has 18 heavy (non-hydrogen) atoms. The van der Waals surface area contributed by atoms with Crippen molar-refractivity contribution in [3.8, 4) is 17.2 Å². The number of carbonyl (C=O) groups is 1. The summed E-state index contributed by atoms with van der Waals surface area (Å²) >= 11 is 0. The highest BCUT2D eigenvalue weighted by molar-refractivity contribution is 5.70. The number of hydrogen-bond acceptors (Lipinski definition) is 5. The summed E-state index contributed by atoms with van der Waals surface area (Å²) in [5.41, 5.74) is 0. The van der Waals surface area contributed by atoms with Gasteiger partial charge in [0.15, 0.2) is 11.5 Å². The number of hydrogen-bond donors (Lipinski definition) is 0. The molecule has 0 bridgehead atoms. The van der Waals surface area contributed by atoms with Crippen LogP contribution in [0.25, 0.3) is 0 Å². The van der Waals surface area contributed by atoms with Crippen molar-refractivity contribution in [2.24, 2.45) is 5.92 Å². The van der Waals surface area contributed by atoms with E-state index in [1.807, 2.05) is 18.2 Å². The molecule has 0 aliphatic carbocycles. The molecule has 96 valence electrons. The second kappa shape index (κ2) is 4.76. The highest BCUT2D eigenvalue weighted by Crippen LogP contribution is 2.35. The van der Waals surface area contributed by atoms with Crippen molar-refractivity contribution in [3.05, 3.63) is 18.2 Å². The third-order valence-corrected chi connectivity index (χ3v) is 3.07. The third kappa shape index (κ3) is 2.34. The number of carbonyl (C=O) groups excluding carboxylic acids is 1. The van der Waals surface area contributed by atoms with Crippen molar-refractivity contribution in [3.63, 3.8) is 0 Å². The molecule has 1 fully saturated rings. The molecular weight excluding hydrogens is 236 g/mol. The molecule has 5 heteroatoms. The number of rotatable bonds is 3. The van der Waals surface area contributed by atoms with Crippen molar-refractivity contribution in [1.82, 2.24) is 0 Å². The minimum atomic E-state index is -0.138. The van der Waals surface area contributed by atoms with Crippen LogP contribution in [0.15, 0.2) is 18.2 Å². The number of benzene rings is 1. The first kappa shape index (κ1) is 11.2. The summed E-state index contributed by atoms with van der Waals surface area (Å²) in [7, 11) is 0. The molecule has 2 aliphatic heterocycles. The maximum atomic E-state index is 11.1. The van der Waals surface area contributed by atoms with Crippen LogP contribution in [0.5, 0.6) is 17.2 Å². The Balaban J connectivity index is 1.58.